The Morgan fingerprint density at radius 3 is 2.90 bits per heavy atom. The molecule has 3 rings (SSSR count). The highest BCUT2D eigenvalue weighted by Crippen LogP contribution is 2.12. The number of halogens is 1. The maximum atomic E-state index is 13.3. The Bertz CT molecular complexity index is 900. The molecular weight excluding hydrogens is 279 g/mol. The van der Waals surface area contributed by atoms with Crippen LogP contribution in [0.3, 0.4) is 0 Å². The molecule has 0 bridgehead atoms. The Morgan fingerprint density at radius 1 is 1.38 bits per heavy atom. The number of carboxylic acids is 1. The molecule has 21 heavy (non-hydrogen) atoms. The highest BCUT2D eigenvalue weighted by atomic mass is 19.1. The lowest BCUT2D eigenvalue weighted by molar-refractivity contribution is 0.0695. The molecule has 1 aromatic carbocycles. The Hall–Kier alpha value is -3.03. The summed E-state index contributed by atoms with van der Waals surface area (Å²) in [5.41, 5.74) is -0.0248. The first-order chi connectivity index (χ1) is 10.1. The van der Waals surface area contributed by atoms with E-state index in [2.05, 4.69) is 10.1 Å². The van der Waals surface area contributed by atoms with Crippen molar-refractivity contribution in [3.63, 3.8) is 0 Å². The molecule has 0 amide bonds. The number of hydrogen-bond donors (Lipinski definition) is 1. The van der Waals surface area contributed by atoms with Crippen LogP contribution in [-0.2, 0) is 6.54 Å². The lowest BCUT2D eigenvalue weighted by Gasteiger charge is -2.05. The van der Waals surface area contributed by atoms with E-state index < -0.39 is 17.5 Å². The van der Waals surface area contributed by atoms with Crippen molar-refractivity contribution >= 4 is 11.6 Å². The summed E-state index contributed by atoms with van der Waals surface area (Å²) in [6, 6.07) is 3.30. The van der Waals surface area contributed by atoms with Crippen molar-refractivity contribution in [2.24, 2.45) is 0 Å². The van der Waals surface area contributed by atoms with Crippen molar-refractivity contribution in [3.05, 3.63) is 64.2 Å². The molecule has 0 saturated carbocycles. The molecule has 106 valence electrons. The second kappa shape index (κ2) is 4.82. The van der Waals surface area contributed by atoms with Crippen LogP contribution >= 0.6 is 0 Å². The molecule has 0 spiro atoms. The summed E-state index contributed by atoms with van der Waals surface area (Å²) in [5, 5.41) is 13.1. The predicted octanol–water partition coefficient (Wildman–Crippen LogP) is 0.777. The van der Waals surface area contributed by atoms with E-state index in [-0.39, 0.29) is 17.7 Å². The third kappa shape index (κ3) is 2.27. The van der Waals surface area contributed by atoms with Gasteiger partial charge in [-0.2, -0.15) is 0 Å². The van der Waals surface area contributed by atoms with Gasteiger partial charge < -0.3 is 5.11 Å². The molecule has 2 aromatic heterocycles. The number of fused-ring (bicyclic) bond motifs is 1. The summed E-state index contributed by atoms with van der Waals surface area (Å²) in [5.74, 6) is -1.77. The fourth-order valence-corrected chi connectivity index (χ4v) is 2.05. The molecule has 0 aliphatic heterocycles. The first kappa shape index (κ1) is 13.0. The molecular formula is C13H9FN4O3. The smallest absolute Gasteiger partial charge is 0.350 e. The average Bonchev–Trinajstić information content (AvgIpc) is 2.76. The van der Waals surface area contributed by atoms with E-state index in [0.29, 0.717) is 5.65 Å². The summed E-state index contributed by atoms with van der Waals surface area (Å²) in [6.07, 6.45) is 4.29. The summed E-state index contributed by atoms with van der Waals surface area (Å²) in [7, 11) is 0. The first-order valence-electron chi connectivity index (χ1n) is 5.97. The third-order valence-corrected chi connectivity index (χ3v) is 3.01. The van der Waals surface area contributed by atoms with Crippen LogP contribution in [0.4, 0.5) is 4.39 Å². The van der Waals surface area contributed by atoms with Gasteiger partial charge in [0.15, 0.2) is 5.65 Å². The molecule has 2 heterocycles. The van der Waals surface area contributed by atoms with Crippen molar-refractivity contribution < 1.29 is 14.3 Å². The lowest BCUT2D eigenvalue weighted by Crippen LogP contribution is -2.22. The van der Waals surface area contributed by atoms with E-state index in [4.69, 9.17) is 5.11 Å². The Labute approximate surface area is 116 Å². The zero-order chi connectivity index (χ0) is 15.0. The van der Waals surface area contributed by atoms with Gasteiger partial charge in [-0.1, -0.05) is 0 Å². The summed E-state index contributed by atoms with van der Waals surface area (Å²) in [6.45, 7) is -0.139. The van der Waals surface area contributed by atoms with Gasteiger partial charge >= 0.3 is 11.7 Å². The van der Waals surface area contributed by atoms with Crippen molar-refractivity contribution in [3.8, 4) is 0 Å². The van der Waals surface area contributed by atoms with Gasteiger partial charge in [0.25, 0.3) is 0 Å². The molecule has 8 heteroatoms. The van der Waals surface area contributed by atoms with E-state index in [1.54, 1.807) is 0 Å². The van der Waals surface area contributed by atoms with Crippen LogP contribution in [0.5, 0.6) is 0 Å². The fraction of sp³-hybridized carbons (Fsp3) is 0.0769. The number of benzene rings is 1. The molecule has 0 unspecified atom stereocenters. The van der Waals surface area contributed by atoms with Gasteiger partial charge in [-0.05, 0) is 23.8 Å². The van der Waals surface area contributed by atoms with E-state index >= 15 is 0 Å². The molecule has 0 atom stereocenters. The molecule has 1 N–H and O–H groups in total. The predicted molar refractivity (Wildman–Crippen MR) is 69.7 cm³/mol. The average molecular weight is 288 g/mol. The van der Waals surface area contributed by atoms with Crippen LogP contribution in [0.15, 0.2) is 41.6 Å². The van der Waals surface area contributed by atoms with E-state index in [1.165, 1.54) is 23.0 Å². The standard InChI is InChI=1S/C13H9FN4O3/c14-9-1-2-10(12(19)20)8(5-9)7-18-13(21)17-4-3-15-6-11(17)16-18/h1-6H,7H2,(H,19,20). The third-order valence-electron chi connectivity index (χ3n) is 3.01. The van der Waals surface area contributed by atoms with Crippen LogP contribution in [0.1, 0.15) is 15.9 Å². The fourth-order valence-electron chi connectivity index (χ4n) is 2.05. The number of carboxylic acid groups (broad SMARTS) is 1. The summed E-state index contributed by atoms with van der Waals surface area (Å²) >= 11 is 0. The maximum Gasteiger partial charge on any atom is 0.350 e. The van der Waals surface area contributed by atoms with E-state index in [9.17, 15) is 14.0 Å². The number of nitrogens with zero attached hydrogens (tertiary/aromatic N) is 4. The number of aromatic nitrogens is 4. The molecule has 0 aliphatic carbocycles. The van der Waals surface area contributed by atoms with E-state index in [1.807, 2.05) is 0 Å². The van der Waals surface area contributed by atoms with Crippen molar-refractivity contribution in [1.29, 1.82) is 0 Å². The van der Waals surface area contributed by atoms with Gasteiger partial charge in [-0.3, -0.25) is 4.98 Å². The zero-order valence-corrected chi connectivity index (χ0v) is 10.6. The number of hydrogen-bond acceptors (Lipinski definition) is 4. The van der Waals surface area contributed by atoms with Gasteiger partial charge in [-0.15, -0.1) is 5.10 Å². The molecule has 7 nitrogen and oxygen atoms in total. The zero-order valence-electron chi connectivity index (χ0n) is 10.6. The molecule has 0 fully saturated rings. The maximum absolute atomic E-state index is 13.3. The quantitative estimate of drug-likeness (QED) is 0.769. The van der Waals surface area contributed by atoms with Gasteiger partial charge in [0.2, 0.25) is 0 Å². The Kier molecular flexibility index (Phi) is 2.98. The number of rotatable bonds is 3. The van der Waals surface area contributed by atoms with Crippen molar-refractivity contribution in [1.82, 2.24) is 19.2 Å². The molecule has 3 aromatic rings. The van der Waals surface area contributed by atoms with Crippen LogP contribution < -0.4 is 5.69 Å². The number of carbonyl (C=O) groups is 1. The Morgan fingerprint density at radius 2 is 2.19 bits per heavy atom. The minimum Gasteiger partial charge on any atom is -0.478 e. The molecule has 0 radical (unpaired) electrons. The lowest BCUT2D eigenvalue weighted by atomic mass is 10.1. The first-order valence-corrected chi connectivity index (χ1v) is 5.97. The normalized spacial score (nSPS) is 10.9. The minimum atomic E-state index is -1.19. The Balaban J connectivity index is 2.10. The molecule has 0 saturated heterocycles. The van der Waals surface area contributed by atoms with Gasteiger partial charge in [0.1, 0.15) is 5.82 Å². The largest absolute Gasteiger partial charge is 0.478 e. The van der Waals surface area contributed by atoms with Crippen LogP contribution in [-0.4, -0.2) is 30.2 Å². The van der Waals surface area contributed by atoms with Crippen LogP contribution in [0.25, 0.3) is 5.65 Å². The van der Waals surface area contributed by atoms with Gasteiger partial charge in [-0.25, -0.2) is 23.1 Å². The van der Waals surface area contributed by atoms with Gasteiger partial charge in [0, 0.05) is 12.4 Å². The molecule has 0 aliphatic rings. The SMILES string of the molecule is O=C(O)c1ccc(F)cc1Cn1nc2cnccn2c1=O. The highest BCUT2D eigenvalue weighted by molar-refractivity contribution is 5.89. The van der Waals surface area contributed by atoms with Crippen molar-refractivity contribution in [2.75, 3.05) is 0 Å². The summed E-state index contributed by atoms with van der Waals surface area (Å²) < 4.78 is 15.6. The van der Waals surface area contributed by atoms with E-state index in [0.717, 1.165) is 22.9 Å². The summed E-state index contributed by atoms with van der Waals surface area (Å²) in [4.78, 5) is 27.1. The topological polar surface area (TPSA) is 89.5 Å². The van der Waals surface area contributed by atoms with Crippen LogP contribution in [0.2, 0.25) is 0 Å². The van der Waals surface area contributed by atoms with Gasteiger partial charge in [0.05, 0.1) is 18.3 Å². The van der Waals surface area contributed by atoms with Crippen molar-refractivity contribution in [2.45, 2.75) is 6.54 Å². The minimum absolute atomic E-state index is 0.0709. The second-order valence-electron chi connectivity index (χ2n) is 4.35. The second-order valence-corrected chi connectivity index (χ2v) is 4.35. The number of aromatic carboxylic acids is 1. The van der Waals surface area contributed by atoms with Crippen LogP contribution in [0, 0.1) is 5.82 Å². The highest BCUT2D eigenvalue weighted by Gasteiger charge is 2.14. The monoisotopic (exact) mass is 288 g/mol.